The molecule has 6 atom stereocenters. The van der Waals surface area contributed by atoms with Gasteiger partial charge in [0.2, 0.25) is 11.8 Å². The fourth-order valence-corrected chi connectivity index (χ4v) is 6.76. The Hall–Kier alpha value is -4.41. The van der Waals surface area contributed by atoms with Gasteiger partial charge >= 0.3 is 0 Å². The largest absolute Gasteiger partial charge is 0.497 e. The molecule has 15 heteroatoms. The molecule has 0 radical (unpaired) electrons. The van der Waals surface area contributed by atoms with E-state index in [-0.39, 0.29) is 19.4 Å². The molecule has 0 saturated carbocycles. The first kappa shape index (κ1) is 34.5. The van der Waals surface area contributed by atoms with Gasteiger partial charge in [-0.05, 0) is 36.1 Å². The van der Waals surface area contributed by atoms with Crippen molar-refractivity contribution in [3.8, 4) is 5.75 Å². The molecular formula is C34H43N7O8. The number of nitrogens with one attached hydrogen (secondary N) is 3. The number of benzene rings is 2. The lowest BCUT2D eigenvalue weighted by Crippen LogP contribution is -2.66. The third-order valence-electron chi connectivity index (χ3n) is 9.53. The van der Waals surface area contributed by atoms with Crippen LogP contribution in [0.25, 0.3) is 0 Å². The first-order chi connectivity index (χ1) is 23.6. The predicted molar refractivity (Wildman–Crippen MR) is 174 cm³/mol. The summed E-state index contributed by atoms with van der Waals surface area (Å²) in [5.74, 6) is -0.990. The highest BCUT2D eigenvalue weighted by atomic mass is 16.5. The van der Waals surface area contributed by atoms with Gasteiger partial charge in [0.1, 0.15) is 36.2 Å². The van der Waals surface area contributed by atoms with E-state index in [0.717, 1.165) is 16.9 Å². The lowest BCUT2D eigenvalue weighted by molar-refractivity contribution is -0.220. The quantitative estimate of drug-likeness (QED) is 0.177. The molecule has 3 saturated heterocycles. The van der Waals surface area contributed by atoms with E-state index < -0.39 is 59.8 Å². The van der Waals surface area contributed by atoms with Crippen molar-refractivity contribution in [1.29, 1.82) is 0 Å². The highest BCUT2D eigenvalue weighted by Gasteiger charge is 2.49. The zero-order valence-corrected chi connectivity index (χ0v) is 27.3. The lowest BCUT2D eigenvalue weighted by Gasteiger charge is -2.44. The molecule has 1 aromatic heterocycles. The van der Waals surface area contributed by atoms with Crippen molar-refractivity contribution in [2.24, 2.45) is 0 Å². The molecule has 3 aromatic rings. The normalized spacial score (nSPS) is 28.0. The maximum Gasteiger partial charge on any atom is 0.252 e. The van der Waals surface area contributed by atoms with Crippen molar-refractivity contribution in [1.82, 2.24) is 35.8 Å². The van der Waals surface area contributed by atoms with Gasteiger partial charge in [-0.15, -0.1) is 5.10 Å². The number of carbonyl (C=O) groups is 3. The molecule has 262 valence electrons. The van der Waals surface area contributed by atoms with E-state index >= 15 is 0 Å². The monoisotopic (exact) mass is 677 g/mol. The van der Waals surface area contributed by atoms with Gasteiger partial charge < -0.3 is 40.7 Å². The molecule has 3 amide bonds. The minimum Gasteiger partial charge on any atom is -0.497 e. The number of hydrogen-bond donors (Lipinski definition) is 6. The number of fused-ring (bicyclic) bond motifs is 2. The Morgan fingerprint density at radius 1 is 0.939 bits per heavy atom. The number of nitrogens with zero attached hydrogens (tertiary/aromatic N) is 4. The number of rotatable bonds is 7. The van der Waals surface area contributed by atoms with E-state index in [1.54, 1.807) is 18.0 Å². The average molecular weight is 678 g/mol. The van der Waals surface area contributed by atoms with Crippen molar-refractivity contribution < 1.29 is 39.2 Å². The van der Waals surface area contributed by atoms with Crippen molar-refractivity contribution in [2.75, 3.05) is 26.7 Å². The van der Waals surface area contributed by atoms with Crippen LogP contribution >= 0.6 is 0 Å². The van der Waals surface area contributed by atoms with Gasteiger partial charge in [-0.2, -0.15) is 0 Å². The molecular weight excluding hydrogens is 634 g/mol. The fourth-order valence-electron chi connectivity index (χ4n) is 6.76. The Morgan fingerprint density at radius 3 is 2.45 bits per heavy atom. The number of aromatic nitrogens is 3. The molecule has 49 heavy (non-hydrogen) atoms. The first-order valence-electron chi connectivity index (χ1n) is 16.5. The Balaban J connectivity index is 1.22. The Bertz CT molecular complexity index is 1610. The molecule has 6 rings (SSSR count). The molecule has 3 aliphatic rings. The number of methoxy groups -OCH3 is 1. The topological polar surface area (TPSA) is 200 Å². The highest BCUT2D eigenvalue weighted by molar-refractivity contribution is 5.89. The molecule has 0 unspecified atom stereocenters. The summed E-state index contributed by atoms with van der Waals surface area (Å²) in [7, 11) is 1.61. The van der Waals surface area contributed by atoms with Crippen molar-refractivity contribution >= 4 is 17.7 Å². The summed E-state index contributed by atoms with van der Waals surface area (Å²) in [4.78, 5) is 43.1. The summed E-state index contributed by atoms with van der Waals surface area (Å²) >= 11 is 0. The lowest BCUT2D eigenvalue weighted by atomic mass is 9.83. The summed E-state index contributed by atoms with van der Waals surface area (Å²) < 4.78 is 12.8. The predicted octanol–water partition coefficient (Wildman–Crippen LogP) is -1.12. The summed E-state index contributed by atoms with van der Waals surface area (Å²) in [6.07, 6.45) is -5.38. The first-order valence-corrected chi connectivity index (χ1v) is 16.5. The van der Waals surface area contributed by atoms with Gasteiger partial charge in [0, 0.05) is 45.2 Å². The molecule has 4 heterocycles. The van der Waals surface area contributed by atoms with Crippen LogP contribution in [-0.4, -0.2) is 122 Å². The van der Waals surface area contributed by atoms with Crippen LogP contribution in [0.5, 0.6) is 5.75 Å². The van der Waals surface area contributed by atoms with E-state index in [2.05, 4.69) is 31.2 Å². The fraction of sp³-hybridized carbons (Fsp3) is 0.500. The molecule has 2 bridgehead atoms. The van der Waals surface area contributed by atoms with E-state index in [0.29, 0.717) is 44.7 Å². The number of piperidine rings is 1. The van der Waals surface area contributed by atoms with Crippen molar-refractivity contribution in [3.63, 3.8) is 0 Å². The number of ether oxygens (including phenoxy) is 2. The molecule has 1 spiro atoms. The second-order valence-electron chi connectivity index (χ2n) is 13.1. The summed E-state index contributed by atoms with van der Waals surface area (Å²) in [5.41, 5.74) is 1.51. The number of carbonyl (C=O) groups excluding carboxylic acids is 3. The second kappa shape index (κ2) is 15.0. The standard InChI is InChI=1S/C34H43N7O8/c1-48-24-9-5-8-22(14-24)18-40-12-10-34(11-13-40)16-27(42)36-25(15-23-20-41(39-38-23)19-21-6-3-2-4-7-21)32(46)35-17-26-28(43)29(44)30(45)31(49-26)33(47)37-34/h2-9,14,20,25-26,28-31,43-45H,10-13,15-19H2,1H3,(H,35,46)(H,36,42)(H,37,47)/t25-,26+,28+,29-,30-,31+/m1/s1. The van der Waals surface area contributed by atoms with Crippen molar-refractivity contribution in [2.45, 2.75) is 80.9 Å². The van der Waals surface area contributed by atoms with Crippen LogP contribution in [-0.2, 0) is 38.6 Å². The van der Waals surface area contributed by atoms with Crippen LogP contribution in [0.4, 0.5) is 0 Å². The van der Waals surface area contributed by atoms with Crippen LogP contribution in [0.3, 0.4) is 0 Å². The summed E-state index contributed by atoms with van der Waals surface area (Å²) in [5, 5.41) is 48.9. The van der Waals surface area contributed by atoms with Crippen LogP contribution in [0.15, 0.2) is 60.8 Å². The molecule has 6 N–H and O–H groups in total. The van der Waals surface area contributed by atoms with Gasteiger partial charge in [-0.3, -0.25) is 19.3 Å². The summed E-state index contributed by atoms with van der Waals surface area (Å²) in [6.45, 7) is 1.90. The average Bonchev–Trinajstić information content (AvgIpc) is 3.54. The van der Waals surface area contributed by atoms with Gasteiger partial charge in [-0.25, -0.2) is 4.68 Å². The number of amides is 3. The third kappa shape index (κ3) is 8.25. The molecule has 3 aliphatic heterocycles. The van der Waals surface area contributed by atoms with Crippen molar-refractivity contribution in [3.05, 3.63) is 77.6 Å². The summed E-state index contributed by atoms with van der Waals surface area (Å²) in [6, 6.07) is 16.4. The van der Waals surface area contributed by atoms with Gasteiger partial charge in [0.25, 0.3) is 5.91 Å². The van der Waals surface area contributed by atoms with Gasteiger partial charge in [0.15, 0.2) is 6.10 Å². The zero-order valence-electron chi connectivity index (χ0n) is 27.3. The maximum absolute atomic E-state index is 13.7. The number of aliphatic hydroxyl groups is 3. The SMILES string of the molecule is COc1cccc(CN2CCC3(CC2)CC(=O)N[C@H](Cc2cn(Cc4ccccc4)nn2)C(=O)NC[C@@H]2O[C@H](C(=O)N3)[C@H](O)[C@H](O)[C@H]2O)c1. The van der Waals surface area contributed by atoms with Crippen LogP contribution in [0.2, 0.25) is 0 Å². The number of likely N-dealkylation sites (tertiary alicyclic amines) is 1. The van der Waals surface area contributed by atoms with Crippen LogP contribution < -0.4 is 20.7 Å². The Kier molecular flexibility index (Phi) is 10.6. The van der Waals surface area contributed by atoms with Crippen LogP contribution in [0.1, 0.15) is 36.1 Å². The van der Waals surface area contributed by atoms with Gasteiger partial charge in [-0.1, -0.05) is 47.7 Å². The van der Waals surface area contributed by atoms with Gasteiger partial charge in [0.05, 0.1) is 24.9 Å². The minimum atomic E-state index is -1.72. The number of hydrogen-bond acceptors (Lipinski definition) is 11. The maximum atomic E-state index is 13.7. The van der Waals surface area contributed by atoms with E-state index in [1.807, 2.05) is 54.6 Å². The molecule has 0 aliphatic carbocycles. The van der Waals surface area contributed by atoms with Crippen LogP contribution in [0, 0.1) is 0 Å². The zero-order chi connectivity index (χ0) is 34.5. The highest BCUT2D eigenvalue weighted by Crippen LogP contribution is 2.30. The third-order valence-corrected chi connectivity index (χ3v) is 9.53. The minimum absolute atomic E-state index is 0.0259. The Labute approximate surface area is 283 Å². The van der Waals surface area contributed by atoms with E-state index in [4.69, 9.17) is 9.47 Å². The smallest absolute Gasteiger partial charge is 0.252 e. The molecule has 2 aromatic carbocycles. The second-order valence-corrected chi connectivity index (χ2v) is 13.1. The number of aliphatic hydroxyl groups excluding tert-OH is 3. The molecule has 15 nitrogen and oxygen atoms in total. The van der Waals surface area contributed by atoms with E-state index in [1.165, 1.54) is 0 Å². The van der Waals surface area contributed by atoms with E-state index in [9.17, 15) is 29.7 Å². The molecule has 3 fully saturated rings. The Morgan fingerprint density at radius 2 is 1.69 bits per heavy atom.